The largest absolute Gasteiger partial charge is 0.480 e. The van der Waals surface area contributed by atoms with Gasteiger partial charge in [-0.3, -0.25) is 4.79 Å². The minimum Gasteiger partial charge on any atom is -0.480 e. The lowest BCUT2D eigenvalue weighted by molar-refractivity contribution is -0.158. The van der Waals surface area contributed by atoms with Crippen LogP contribution in [0.25, 0.3) is 0 Å². The van der Waals surface area contributed by atoms with Gasteiger partial charge < -0.3 is 24.8 Å². The molecule has 0 radical (unpaired) electrons. The molecule has 0 saturated carbocycles. The topological polar surface area (TPSA) is 122 Å². The summed E-state index contributed by atoms with van der Waals surface area (Å²) in [5, 5.41) is 11.4. The fourth-order valence-electron chi connectivity index (χ4n) is 1.87. The maximum absolute atomic E-state index is 12.4. The molecule has 0 aromatic carbocycles. The Balaban J connectivity index is 5.14. The first-order chi connectivity index (χ1) is 12.0. The third kappa shape index (κ3) is 10.4. The highest BCUT2D eigenvalue weighted by atomic mass is 16.6. The normalized spacial score (nSPS) is 13.9. The highest BCUT2D eigenvalue weighted by Gasteiger charge is 2.30. The summed E-state index contributed by atoms with van der Waals surface area (Å²) in [4.78, 5) is 48.6. The number of ether oxygens (including phenoxy) is 2. The molecule has 9 nitrogen and oxygen atoms in total. The van der Waals surface area contributed by atoms with Crippen molar-refractivity contribution in [3.05, 3.63) is 0 Å². The smallest absolute Gasteiger partial charge is 0.329 e. The average molecular weight is 388 g/mol. The molecule has 2 atom stereocenters. The number of rotatable bonds is 7. The van der Waals surface area contributed by atoms with E-state index in [1.165, 1.54) is 14.0 Å². The molecule has 156 valence electrons. The molecule has 0 aromatic rings. The van der Waals surface area contributed by atoms with E-state index in [1.807, 2.05) is 0 Å². The lowest BCUT2D eigenvalue weighted by atomic mass is 10.1. The second kappa shape index (κ2) is 9.57. The molecule has 0 aromatic heterocycles. The van der Waals surface area contributed by atoms with Gasteiger partial charge in [0.25, 0.3) is 0 Å². The summed E-state index contributed by atoms with van der Waals surface area (Å²) in [6, 6.07) is -2.97. The summed E-state index contributed by atoms with van der Waals surface area (Å²) in [6.45, 7) is 11.5. The molecule has 0 saturated heterocycles. The molecular formula is C18H32N2O7. The maximum atomic E-state index is 12.4. The second-order valence-corrected chi connectivity index (χ2v) is 8.29. The third-order valence-corrected chi connectivity index (χ3v) is 3.30. The van der Waals surface area contributed by atoms with Crippen LogP contribution in [0.1, 0.15) is 61.3 Å². The third-order valence-electron chi connectivity index (χ3n) is 3.30. The molecule has 27 heavy (non-hydrogen) atoms. The van der Waals surface area contributed by atoms with Crippen molar-refractivity contribution in [1.82, 2.24) is 10.2 Å². The number of likely N-dealkylation sites (N-methyl/N-ethyl adjacent to an activating group) is 1. The number of nitrogens with one attached hydrogen (secondary N) is 1. The molecule has 2 amide bonds. The van der Waals surface area contributed by atoms with Gasteiger partial charge >= 0.3 is 23.9 Å². The number of amides is 2. The minimum atomic E-state index is -1.18. The molecule has 0 aliphatic heterocycles. The van der Waals surface area contributed by atoms with E-state index < -0.39 is 47.2 Å². The van der Waals surface area contributed by atoms with E-state index >= 15 is 0 Å². The van der Waals surface area contributed by atoms with Crippen LogP contribution >= 0.6 is 0 Å². The summed E-state index contributed by atoms with van der Waals surface area (Å²) >= 11 is 0. The number of hydrogen-bond acceptors (Lipinski definition) is 6. The zero-order valence-electron chi connectivity index (χ0n) is 17.4. The van der Waals surface area contributed by atoms with Crippen molar-refractivity contribution in [1.29, 1.82) is 0 Å². The first-order valence-electron chi connectivity index (χ1n) is 8.74. The monoisotopic (exact) mass is 388 g/mol. The van der Waals surface area contributed by atoms with E-state index in [1.54, 1.807) is 41.5 Å². The van der Waals surface area contributed by atoms with E-state index in [4.69, 9.17) is 14.6 Å². The Labute approximate surface area is 160 Å². The Hall–Kier alpha value is -2.32. The minimum absolute atomic E-state index is 0.0368. The number of carbonyl (C=O) groups excluding carboxylic acids is 3. The Morgan fingerprint density at radius 3 is 1.89 bits per heavy atom. The number of aliphatic carboxylic acids is 1. The molecule has 0 spiro atoms. The fourth-order valence-corrected chi connectivity index (χ4v) is 1.87. The summed E-state index contributed by atoms with van der Waals surface area (Å²) in [5.74, 6) is -2.41. The molecular weight excluding hydrogens is 356 g/mol. The van der Waals surface area contributed by atoms with Crippen molar-refractivity contribution in [2.24, 2.45) is 0 Å². The molecule has 9 heteroatoms. The van der Waals surface area contributed by atoms with Crippen molar-refractivity contribution in [3.8, 4) is 0 Å². The number of nitrogens with zero attached hydrogens (tertiary/aromatic N) is 1. The van der Waals surface area contributed by atoms with E-state index in [0.29, 0.717) is 0 Å². The summed E-state index contributed by atoms with van der Waals surface area (Å²) < 4.78 is 10.5. The number of carbonyl (C=O) groups is 4. The fraction of sp³-hybridized carbons (Fsp3) is 0.778. The van der Waals surface area contributed by atoms with E-state index in [9.17, 15) is 19.2 Å². The van der Waals surface area contributed by atoms with Crippen molar-refractivity contribution in [2.45, 2.75) is 84.6 Å². The molecule has 0 aliphatic rings. The number of urea groups is 1. The van der Waals surface area contributed by atoms with E-state index in [-0.39, 0.29) is 12.8 Å². The van der Waals surface area contributed by atoms with Gasteiger partial charge in [0, 0.05) is 13.5 Å². The zero-order chi connectivity index (χ0) is 21.6. The van der Waals surface area contributed by atoms with E-state index in [0.717, 1.165) is 4.90 Å². The SMILES string of the molecule is CC(C(=O)O)N(C)C(=O)NC(CCC(=O)OC(C)(C)C)C(=O)OC(C)(C)C. The number of esters is 2. The second-order valence-electron chi connectivity index (χ2n) is 8.29. The highest BCUT2D eigenvalue weighted by molar-refractivity contribution is 5.86. The standard InChI is InChI=1S/C18H32N2O7/c1-11(14(22)23)20(8)16(25)19-12(15(24)27-18(5,6)7)9-10-13(21)26-17(2,3)4/h11-12H,9-10H2,1-8H3,(H,19,25)(H,22,23). The highest BCUT2D eigenvalue weighted by Crippen LogP contribution is 2.14. The van der Waals surface area contributed by atoms with Crippen molar-refractivity contribution < 1.29 is 33.8 Å². The molecule has 0 fully saturated rings. The van der Waals surface area contributed by atoms with Crippen LogP contribution in [0.2, 0.25) is 0 Å². The lowest BCUT2D eigenvalue weighted by Crippen LogP contribution is -2.52. The van der Waals surface area contributed by atoms with Gasteiger partial charge in [-0.05, 0) is 54.9 Å². The molecule has 0 rings (SSSR count). The predicted octanol–water partition coefficient (Wildman–Crippen LogP) is 1.93. The van der Waals surface area contributed by atoms with Gasteiger partial charge in [0.05, 0.1) is 0 Å². The van der Waals surface area contributed by atoms with Gasteiger partial charge in [0.2, 0.25) is 0 Å². The number of hydrogen-bond donors (Lipinski definition) is 2. The van der Waals surface area contributed by atoms with Crippen molar-refractivity contribution in [3.63, 3.8) is 0 Å². The first-order valence-corrected chi connectivity index (χ1v) is 8.74. The Morgan fingerprint density at radius 1 is 1.00 bits per heavy atom. The molecule has 2 unspecified atom stereocenters. The summed E-state index contributed by atoms with van der Waals surface area (Å²) in [5.41, 5.74) is -1.45. The van der Waals surface area contributed by atoms with Gasteiger partial charge in [-0.1, -0.05) is 0 Å². The molecule has 0 heterocycles. The van der Waals surface area contributed by atoms with Crippen LogP contribution < -0.4 is 5.32 Å². The van der Waals surface area contributed by atoms with Crippen LogP contribution in [0.15, 0.2) is 0 Å². The van der Waals surface area contributed by atoms with Gasteiger partial charge in [-0.25, -0.2) is 14.4 Å². The molecule has 0 bridgehead atoms. The molecule has 0 aliphatic carbocycles. The van der Waals surface area contributed by atoms with E-state index in [2.05, 4.69) is 5.32 Å². The Morgan fingerprint density at radius 2 is 1.48 bits per heavy atom. The summed E-state index contributed by atoms with van der Waals surface area (Å²) in [6.07, 6.45) is -0.148. The lowest BCUT2D eigenvalue weighted by Gasteiger charge is -2.28. The van der Waals surface area contributed by atoms with Crippen LogP contribution in [0, 0.1) is 0 Å². The molecule has 2 N–H and O–H groups in total. The van der Waals surface area contributed by atoms with Gasteiger partial charge in [-0.15, -0.1) is 0 Å². The maximum Gasteiger partial charge on any atom is 0.329 e. The van der Waals surface area contributed by atoms with Crippen molar-refractivity contribution >= 4 is 23.9 Å². The van der Waals surface area contributed by atoms with Gasteiger partial charge in [0.15, 0.2) is 0 Å². The number of carboxylic acids is 1. The summed E-state index contributed by atoms with van der Waals surface area (Å²) in [7, 11) is 1.30. The van der Waals surface area contributed by atoms with Crippen LogP contribution in [-0.2, 0) is 23.9 Å². The first kappa shape index (κ1) is 24.7. The predicted molar refractivity (Wildman–Crippen MR) is 98.1 cm³/mol. The van der Waals surface area contributed by atoms with Gasteiger partial charge in [-0.2, -0.15) is 0 Å². The van der Waals surface area contributed by atoms with Crippen LogP contribution in [0.4, 0.5) is 4.79 Å². The Bertz CT molecular complexity index is 561. The average Bonchev–Trinajstić information content (AvgIpc) is 2.45. The Kier molecular flexibility index (Phi) is 8.75. The van der Waals surface area contributed by atoms with Crippen LogP contribution in [0.5, 0.6) is 0 Å². The van der Waals surface area contributed by atoms with Crippen LogP contribution in [-0.4, -0.2) is 64.3 Å². The van der Waals surface area contributed by atoms with Gasteiger partial charge in [0.1, 0.15) is 23.3 Å². The number of carboxylic acid groups (broad SMARTS) is 1. The van der Waals surface area contributed by atoms with Crippen LogP contribution in [0.3, 0.4) is 0 Å². The zero-order valence-corrected chi connectivity index (χ0v) is 17.4. The quantitative estimate of drug-likeness (QED) is 0.639. The van der Waals surface area contributed by atoms with Crippen molar-refractivity contribution in [2.75, 3.05) is 7.05 Å².